The summed E-state index contributed by atoms with van der Waals surface area (Å²) in [5, 5.41) is 27.2. The molecular weight excluding hydrogens is 1200 g/mol. The zero-order chi connectivity index (χ0) is 60.9. The number of fused-ring (bicyclic) bond motifs is 4. The molecule has 6 fully saturated rings. The van der Waals surface area contributed by atoms with Crippen molar-refractivity contribution < 1.29 is 108 Å². The predicted octanol–water partition coefficient (Wildman–Crippen LogP) is 6.59. The van der Waals surface area contributed by atoms with Crippen molar-refractivity contribution in [1.29, 1.82) is 0 Å². The molecule has 8 aliphatic rings. The van der Waals surface area contributed by atoms with Crippen molar-refractivity contribution in [3.05, 3.63) is 36.4 Å². The Morgan fingerprint density at radius 3 is 1.53 bits per heavy atom. The van der Waals surface area contributed by atoms with Crippen LogP contribution in [0.2, 0.25) is 0 Å². The highest BCUT2D eigenvalue weighted by Crippen LogP contribution is 2.39. The van der Waals surface area contributed by atoms with E-state index in [9.17, 15) is 41.4 Å². The lowest BCUT2D eigenvalue weighted by atomic mass is 10.0. The van der Waals surface area contributed by atoms with E-state index in [1.807, 2.05) is 0 Å². The minimum Gasteiger partial charge on any atom is -0.454 e. The summed E-state index contributed by atoms with van der Waals surface area (Å²) >= 11 is 0. The Bertz CT molecular complexity index is 2810. The molecule has 28 nitrogen and oxygen atoms in total. The van der Waals surface area contributed by atoms with Gasteiger partial charge >= 0.3 is 18.3 Å². The Labute approximate surface area is 498 Å². The van der Waals surface area contributed by atoms with Gasteiger partial charge in [-0.2, -0.15) is 0 Å². The second-order valence-electron chi connectivity index (χ2n) is 22.2. The largest absolute Gasteiger partial charge is 0.518 e. The van der Waals surface area contributed by atoms with Crippen LogP contribution in [-0.2, 0) is 67.4 Å². The second kappa shape index (κ2) is 30.6. The Morgan fingerprint density at radius 1 is 0.659 bits per heavy atom. The van der Waals surface area contributed by atoms with E-state index in [0.29, 0.717) is 55.7 Å². The molecule has 6 heterocycles. The second-order valence-corrected chi connectivity index (χ2v) is 27.1. The van der Waals surface area contributed by atoms with Gasteiger partial charge in [0.25, 0.3) is 28.6 Å². The van der Waals surface area contributed by atoms with E-state index < -0.39 is 74.4 Å². The van der Waals surface area contributed by atoms with Crippen molar-refractivity contribution in [2.75, 3.05) is 53.1 Å². The minimum atomic E-state index is -4.16. The number of benzene rings is 2. The molecule has 2 unspecified atom stereocenters. The van der Waals surface area contributed by atoms with Gasteiger partial charge in [-0.05, 0) is 106 Å². The Morgan fingerprint density at radius 2 is 1.09 bits per heavy atom. The van der Waals surface area contributed by atoms with Crippen molar-refractivity contribution >= 4 is 56.4 Å². The summed E-state index contributed by atoms with van der Waals surface area (Å²) in [4.78, 5) is 47.6. The number of carbonyl (C=O) groups excluding carboxylic acids is 3. The zero-order valence-corrected chi connectivity index (χ0v) is 51.9. The number of alkyl carbamates (subject to hydrolysis) is 2. The van der Waals surface area contributed by atoms with Crippen LogP contribution in [0.25, 0.3) is 0 Å². The number of hydrogen-bond acceptors (Lipinski definition) is 24. The third kappa shape index (κ3) is 18.1. The fourth-order valence-corrected chi connectivity index (χ4v) is 13.5. The van der Waals surface area contributed by atoms with Gasteiger partial charge in [-0.3, -0.25) is 9.68 Å². The van der Waals surface area contributed by atoms with Gasteiger partial charge in [0.2, 0.25) is 13.6 Å². The molecule has 2 amide bonds. The fourth-order valence-electron chi connectivity index (χ4n) is 10.6. The van der Waals surface area contributed by atoms with Crippen molar-refractivity contribution in [1.82, 2.24) is 19.6 Å². The summed E-state index contributed by atoms with van der Waals surface area (Å²) in [7, 11) is -5.99. The molecule has 476 valence electrons. The first-order valence-electron chi connectivity index (χ1n) is 28.6. The monoisotopic (exact) mass is 1280 g/mol. The molecule has 85 heavy (non-hydrogen) atoms. The predicted molar refractivity (Wildman–Crippen MR) is 301 cm³/mol. The number of amides is 2. The summed E-state index contributed by atoms with van der Waals surface area (Å²) < 4.78 is 123. The van der Waals surface area contributed by atoms with Gasteiger partial charge in [0, 0.05) is 12.1 Å². The highest BCUT2D eigenvalue weighted by atomic mass is 32.2. The van der Waals surface area contributed by atoms with Crippen LogP contribution in [0.5, 0.6) is 23.0 Å². The molecule has 10 rings (SSSR count). The van der Waals surface area contributed by atoms with Crippen LogP contribution in [0, 0.1) is 11.8 Å². The number of ether oxygens (including phenoxy) is 11. The summed E-state index contributed by atoms with van der Waals surface area (Å²) in [5.41, 5.74) is -0.701. The van der Waals surface area contributed by atoms with Crippen LogP contribution in [0.1, 0.15) is 112 Å². The lowest BCUT2D eigenvalue weighted by molar-refractivity contribution is -0.145. The smallest absolute Gasteiger partial charge is 0.454 e. The number of nitrogens with zero attached hydrogens (tertiary/aromatic N) is 3. The first kappa shape index (κ1) is 66.4. The zero-order valence-electron chi connectivity index (χ0n) is 48.2. The van der Waals surface area contributed by atoms with Gasteiger partial charge in [0.1, 0.15) is 17.8 Å². The van der Waals surface area contributed by atoms with E-state index in [1.54, 1.807) is 34.6 Å². The van der Waals surface area contributed by atoms with E-state index >= 15 is 0 Å². The van der Waals surface area contributed by atoms with Crippen LogP contribution < -0.4 is 29.6 Å². The molecule has 2 aromatic carbocycles. The Kier molecular flexibility index (Phi) is 23.9. The lowest BCUT2D eigenvalue weighted by Gasteiger charge is -2.30. The van der Waals surface area contributed by atoms with Gasteiger partial charge < -0.3 is 77.5 Å². The molecule has 2 aliphatic carbocycles. The minimum absolute atomic E-state index is 0.0151. The molecule has 4 saturated heterocycles. The Hall–Kier alpha value is -4.52. The van der Waals surface area contributed by atoms with Crippen molar-refractivity contribution in [2.24, 2.45) is 16.4 Å². The molecule has 11 atom stereocenters. The summed E-state index contributed by atoms with van der Waals surface area (Å²) in [5.74, 6) is 1.70. The molecule has 0 spiro atoms. The van der Waals surface area contributed by atoms with Gasteiger partial charge in [0.15, 0.2) is 35.6 Å². The van der Waals surface area contributed by atoms with E-state index in [1.165, 1.54) is 36.4 Å². The number of aliphatic hydroxyl groups is 2. The number of aliphatic hydroxyl groups excluding tert-OH is 2. The quantitative estimate of drug-likeness (QED) is 0.0443. The van der Waals surface area contributed by atoms with Crippen molar-refractivity contribution in [3.63, 3.8) is 0 Å². The average molecular weight is 1280 g/mol. The third-order valence-corrected chi connectivity index (χ3v) is 18.9. The van der Waals surface area contributed by atoms with Crippen LogP contribution in [0.3, 0.4) is 0 Å². The molecule has 2 aromatic rings. The maximum atomic E-state index is 13.6. The lowest BCUT2D eigenvalue weighted by Crippen LogP contribution is -2.50. The third-order valence-electron chi connectivity index (χ3n) is 15.1. The number of sulfonamides is 2. The van der Waals surface area contributed by atoms with E-state index in [4.69, 9.17) is 61.8 Å². The molecular formula is C53H79N5O23P2S2. The van der Waals surface area contributed by atoms with Gasteiger partial charge in [-0.15, -0.1) is 0 Å². The van der Waals surface area contributed by atoms with E-state index in [2.05, 4.69) is 29.1 Å². The highest BCUT2D eigenvalue weighted by Gasteiger charge is 2.46. The topological polar surface area (TPSA) is 332 Å². The highest BCUT2D eigenvalue weighted by molar-refractivity contribution is 7.89. The van der Waals surface area contributed by atoms with Gasteiger partial charge in [-0.1, -0.05) is 48.5 Å². The van der Waals surface area contributed by atoms with E-state index in [0.717, 1.165) is 73.1 Å². The first-order chi connectivity index (χ1) is 40.6. The summed E-state index contributed by atoms with van der Waals surface area (Å²) in [6.45, 7) is 9.90. The van der Waals surface area contributed by atoms with E-state index in [-0.39, 0.29) is 94.4 Å². The standard InChI is InChI=1S/C24H34N2O10S.C22H34N2O8S.C7H11NO5P2/c1-2-18(25-24(28)35-22-13-32-23-17(22)9-10-31-23)19(27)12-26(36-15-5-3-4-6-15)37(29,30)16-7-8-20-21(11-16)34-14-33-20;1-5-17(23-21(26)31-22(2,3)4)18(25)13-24(32-15-8-6-7-9-15)33(27,28)16-10-11-19-20(12-16)30-14-29-19;9-7(13-15-8-14)12-5-3-11-6-4(5)1-2-10-6/h7-8,11,15,17-19,22-23,27H,2-6,9-10,12-14H2,1H3,(H,25,28);10-12,15,17-18,25H,5-9,13-14H2,1-4H3,(H,23,26);4-6H,1-3,14H2/t17-,18-,19+,22?,23+;17-,18+;4-,5-,6+/m000/s1. The number of hydroxylamine groups is 2. The molecule has 32 heteroatoms. The summed E-state index contributed by atoms with van der Waals surface area (Å²) in [6, 6.07) is 7.13. The summed E-state index contributed by atoms with van der Waals surface area (Å²) in [6.07, 6.45) is 2.59. The average Bonchev–Trinajstić information content (AvgIpc) is 3.39. The number of nitrogens with one attached hydrogen (secondary N) is 2. The number of hydrogen-bond donors (Lipinski definition) is 4. The van der Waals surface area contributed by atoms with Gasteiger partial charge in [0.05, 0.1) is 97.6 Å². The van der Waals surface area contributed by atoms with Crippen LogP contribution >= 0.6 is 18.0 Å². The molecule has 0 bridgehead atoms. The molecule has 4 N–H and O–H groups in total. The normalized spacial score (nSPS) is 24.9. The Balaban J connectivity index is 0.000000179. The van der Waals surface area contributed by atoms with Crippen molar-refractivity contribution in [2.45, 2.75) is 188 Å². The number of rotatable bonds is 21. The maximum absolute atomic E-state index is 13.6. The molecule has 0 aromatic heterocycles. The van der Waals surface area contributed by atoms with Gasteiger partial charge in [-0.25, -0.2) is 35.7 Å². The van der Waals surface area contributed by atoms with Crippen molar-refractivity contribution in [3.8, 4) is 23.0 Å². The molecule has 2 saturated carbocycles. The maximum Gasteiger partial charge on any atom is 0.518 e. The molecule has 6 aliphatic heterocycles. The van der Waals surface area contributed by atoms with Crippen LogP contribution in [-0.4, -0.2) is 174 Å². The number of carbonyl (C=O) groups is 3. The SMILES string of the molecule is CC[C@H](NC(=O)OC(C)(C)C)[C@H](O)CN(OC1CCCC1)S(=O)(=O)c1ccc2c(c1)OCO2.CC[C@H](NC(=O)OC1CO[C@H]2OCC[C@@H]12)[C@H](O)CN(OC1CCCC1)S(=O)(=O)c1ccc2c(c1)OCO2.O=C(OP=NP)O[C@H]1CO[C@H]2OCC[C@H]21. The fraction of sp³-hybridized carbons (Fsp3) is 0.717. The molecule has 0 radical (unpaired) electrons. The van der Waals surface area contributed by atoms with Crippen LogP contribution in [0.4, 0.5) is 14.4 Å². The van der Waals surface area contributed by atoms with Crippen LogP contribution in [0.15, 0.2) is 50.7 Å². The first-order valence-corrected chi connectivity index (χ1v) is 32.8.